The molecule has 6 nitrogen and oxygen atoms in total. The van der Waals surface area contributed by atoms with Crippen molar-refractivity contribution < 1.29 is 9.72 Å². The highest BCUT2D eigenvalue weighted by Gasteiger charge is 2.34. The predicted octanol–water partition coefficient (Wildman–Crippen LogP) is 2.22. The molecule has 100 valence electrons. The van der Waals surface area contributed by atoms with Gasteiger partial charge in [-0.1, -0.05) is 20.8 Å². The van der Waals surface area contributed by atoms with Crippen LogP contribution < -0.4 is 0 Å². The number of ketones is 1. The van der Waals surface area contributed by atoms with E-state index in [1.165, 1.54) is 11.6 Å². The molecule has 1 atom stereocenters. The molecule has 0 radical (unpaired) electrons. The molecule has 0 aromatic carbocycles. The molecule has 0 saturated heterocycles. The first kappa shape index (κ1) is 14.3. The Labute approximate surface area is 106 Å². The lowest BCUT2D eigenvalue weighted by atomic mass is 9.88. The van der Waals surface area contributed by atoms with Gasteiger partial charge in [0, 0.05) is 7.05 Å². The molecule has 0 fully saturated rings. The van der Waals surface area contributed by atoms with E-state index in [0.29, 0.717) is 17.8 Å². The van der Waals surface area contributed by atoms with Crippen LogP contribution in [0.4, 0.5) is 5.69 Å². The normalized spacial score (nSPS) is 12.8. The molecule has 0 aliphatic carbocycles. The Bertz CT molecular complexity index is 477. The fraction of sp³-hybridized carbons (Fsp3) is 0.667. The van der Waals surface area contributed by atoms with Crippen molar-refractivity contribution >= 4 is 11.5 Å². The predicted molar refractivity (Wildman–Crippen MR) is 67.5 cm³/mol. The Balaban J connectivity index is 3.51. The first-order chi connectivity index (χ1) is 8.31. The molecule has 1 heterocycles. The summed E-state index contributed by atoms with van der Waals surface area (Å²) in [6.07, 6.45) is 0.479. The van der Waals surface area contributed by atoms with Crippen LogP contribution >= 0.6 is 0 Å². The fourth-order valence-corrected chi connectivity index (χ4v) is 2.35. The third-order valence-electron chi connectivity index (χ3n) is 3.05. The number of nitro groups is 1. The molecule has 1 unspecified atom stereocenters. The zero-order chi connectivity index (χ0) is 14.0. The van der Waals surface area contributed by atoms with E-state index in [4.69, 9.17) is 0 Å². The summed E-state index contributed by atoms with van der Waals surface area (Å²) >= 11 is 0. The second-order valence-electron chi connectivity index (χ2n) is 4.75. The average molecular weight is 253 g/mol. The lowest BCUT2D eigenvalue weighted by Crippen LogP contribution is -2.19. The lowest BCUT2D eigenvalue weighted by Gasteiger charge is -2.17. The average Bonchev–Trinajstić information content (AvgIpc) is 2.55. The zero-order valence-electron chi connectivity index (χ0n) is 11.4. The van der Waals surface area contributed by atoms with Gasteiger partial charge in [0.05, 0.1) is 10.8 Å². The van der Waals surface area contributed by atoms with Crippen LogP contribution in [0.5, 0.6) is 0 Å². The van der Waals surface area contributed by atoms with Crippen molar-refractivity contribution in [2.75, 3.05) is 0 Å². The minimum Gasteiger partial charge on any atom is -0.299 e. The Kier molecular flexibility index (Phi) is 4.21. The number of Topliss-reactive ketones (excluding diaryl/α,β-unsaturated/α-hetero) is 1. The van der Waals surface area contributed by atoms with Crippen molar-refractivity contribution in [3.8, 4) is 0 Å². The van der Waals surface area contributed by atoms with Gasteiger partial charge in [-0.15, -0.1) is 0 Å². The smallest absolute Gasteiger partial charge is 0.299 e. The molecule has 1 aromatic heterocycles. The summed E-state index contributed by atoms with van der Waals surface area (Å²) < 4.78 is 1.48. The number of aromatic nitrogens is 2. The summed E-state index contributed by atoms with van der Waals surface area (Å²) in [6.45, 7) is 7.05. The number of hydrogen-bond donors (Lipinski definition) is 0. The van der Waals surface area contributed by atoms with E-state index in [1.54, 1.807) is 7.05 Å². The SMILES string of the molecule is CCc1nn(C)c(C(C(C)=O)C(C)C)c1[N+](=O)[O-]. The second-order valence-corrected chi connectivity index (χ2v) is 4.75. The van der Waals surface area contributed by atoms with Gasteiger partial charge in [-0.25, -0.2) is 0 Å². The first-order valence-electron chi connectivity index (χ1n) is 6.01. The molecule has 0 bridgehead atoms. The number of nitrogens with zero attached hydrogens (tertiary/aromatic N) is 3. The van der Waals surface area contributed by atoms with Crippen LogP contribution in [0.3, 0.4) is 0 Å². The third kappa shape index (κ3) is 2.42. The molecule has 0 saturated carbocycles. The van der Waals surface area contributed by atoms with E-state index < -0.39 is 10.8 Å². The Hall–Kier alpha value is -1.72. The van der Waals surface area contributed by atoms with Gasteiger partial charge in [0.25, 0.3) is 0 Å². The van der Waals surface area contributed by atoms with Crippen LogP contribution in [0.15, 0.2) is 0 Å². The first-order valence-corrected chi connectivity index (χ1v) is 6.01. The highest BCUT2D eigenvalue weighted by molar-refractivity contribution is 5.84. The highest BCUT2D eigenvalue weighted by Crippen LogP contribution is 2.34. The molecule has 0 aliphatic rings. The number of hydrogen-bond acceptors (Lipinski definition) is 4. The Morgan fingerprint density at radius 3 is 2.39 bits per heavy atom. The van der Waals surface area contributed by atoms with Crippen molar-refractivity contribution in [1.29, 1.82) is 0 Å². The van der Waals surface area contributed by atoms with Crippen molar-refractivity contribution in [3.63, 3.8) is 0 Å². The van der Waals surface area contributed by atoms with Crippen LogP contribution in [0.25, 0.3) is 0 Å². The van der Waals surface area contributed by atoms with Crippen LogP contribution in [0, 0.1) is 16.0 Å². The molecular weight excluding hydrogens is 234 g/mol. The number of rotatable bonds is 5. The minimum absolute atomic E-state index is 0.00121. The Morgan fingerprint density at radius 2 is 2.06 bits per heavy atom. The summed E-state index contributed by atoms with van der Waals surface area (Å²) in [5.74, 6) is -0.553. The van der Waals surface area contributed by atoms with Gasteiger partial charge in [0.2, 0.25) is 0 Å². The fourth-order valence-electron chi connectivity index (χ4n) is 2.35. The van der Waals surface area contributed by atoms with Gasteiger partial charge in [0.1, 0.15) is 17.2 Å². The van der Waals surface area contributed by atoms with E-state index in [1.807, 2.05) is 20.8 Å². The van der Waals surface area contributed by atoms with Crippen molar-refractivity contribution in [3.05, 3.63) is 21.5 Å². The second kappa shape index (κ2) is 5.29. The summed E-state index contributed by atoms with van der Waals surface area (Å²) in [5.41, 5.74) is 0.845. The number of carbonyl (C=O) groups excluding carboxylic acids is 1. The molecule has 6 heteroatoms. The largest absolute Gasteiger partial charge is 0.314 e. The maximum Gasteiger partial charge on any atom is 0.314 e. The van der Waals surface area contributed by atoms with E-state index >= 15 is 0 Å². The monoisotopic (exact) mass is 253 g/mol. The number of carbonyl (C=O) groups is 1. The van der Waals surface area contributed by atoms with E-state index in [0.717, 1.165) is 0 Å². The molecule has 1 rings (SSSR count). The quantitative estimate of drug-likeness (QED) is 0.595. The summed E-state index contributed by atoms with van der Waals surface area (Å²) in [4.78, 5) is 22.5. The maximum atomic E-state index is 11.7. The summed E-state index contributed by atoms with van der Waals surface area (Å²) in [5, 5.41) is 15.4. The van der Waals surface area contributed by atoms with Crippen LogP contribution in [-0.2, 0) is 18.3 Å². The van der Waals surface area contributed by atoms with Gasteiger partial charge in [-0.2, -0.15) is 5.10 Å². The van der Waals surface area contributed by atoms with Gasteiger partial charge in [0.15, 0.2) is 0 Å². The van der Waals surface area contributed by atoms with Crippen molar-refractivity contribution in [1.82, 2.24) is 9.78 Å². The van der Waals surface area contributed by atoms with Crippen LogP contribution in [0.1, 0.15) is 45.0 Å². The molecule has 18 heavy (non-hydrogen) atoms. The maximum absolute atomic E-state index is 11.7. The van der Waals surface area contributed by atoms with Crippen molar-refractivity contribution in [2.24, 2.45) is 13.0 Å². The van der Waals surface area contributed by atoms with Gasteiger partial charge in [-0.3, -0.25) is 19.6 Å². The van der Waals surface area contributed by atoms with E-state index in [2.05, 4.69) is 5.10 Å². The third-order valence-corrected chi connectivity index (χ3v) is 3.05. The minimum atomic E-state index is -0.483. The molecule has 1 aromatic rings. The highest BCUT2D eigenvalue weighted by atomic mass is 16.6. The van der Waals surface area contributed by atoms with Crippen molar-refractivity contribution in [2.45, 2.75) is 40.0 Å². The zero-order valence-corrected chi connectivity index (χ0v) is 11.4. The molecule has 0 aliphatic heterocycles. The van der Waals surface area contributed by atoms with Crippen LogP contribution in [-0.4, -0.2) is 20.5 Å². The van der Waals surface area contributed by atoms with Gasteiger partial charge in [-0.05, 0) is 19.3 Å². The summed E-state index contributed by atoms with van der Waals surface area (Å²) in [6, 6.07) is 0. The van der Waals surface area contributed by atoms with Gasteiger partial charge < -0.3 is 0 Å². The molecule has 0 N–H and O–H groups in total. The van der Waals surface area contributed by atoms with Gasteiger partial charge >= 0.3 is 5.69 Å². The topological polar surface area (TPSA) is 78.0 Å². The standard InChI is InChI=1S/C12H19N3O3/c1-6-9-11(15(17)18)12(14(5)13-9)10(7(2)3)8(4)16/h7,10H,6H2,1-5H3. The molecule has 0 amide bonds. The van der Waals surface area contributed by atoms with Crippen LogP contribution in [0.2, 0.25) is 0 Å². The Morgan fingerprint density at radius 1 is 1.50 bits per heavy atom. The number of aryl methyl sites for hydroxylation is 2. The lowest BCUT2D eigenvalue weighted by molar-refractivity contribution is -0.386. The summed E-state index contributed by atoms with van der Waals surface area (Å²) in [7, 11) is 1.65. The van der Waals surface area contributed by atoms with E-state index in [-0.39, 0.29) is 17.4 Å². The molecular formula is C12H19N3O3. The molecule has 0 spiro atoms. The van der Waals surface area contributed by atoms with E-state index in [9.17, 15) is 14.9 Å².